The Kier molecular flexibility index (Phi) is 12.0. The summed E-state index contributed by atoms with van der Waals surface area (Å²) in [4.78, 5) is 46.4. The lowest BCUT2D eigenvalue weighted by atomic mass is 10.0. The van der Waals surface area contributed by atoms with Crippen molar-refractivity contribution in [2.75, 3.05) is 46.4 Å². The normalized spacial score (nSPS) is 16.4. The van der Waals surface area contributed by atoms with Crippen molar-refractivity contribution in [1.82, 2.24) is 9.80 Å². The maximum Gasteiger partial charge on any atom is 0.414 e. The number of ether oxygens (including phenoxy) is 3. The van der Waals surface area contributed by atoms with Crippen LogP contribution in [0.15, 0.2) is 48.5 Å². The quantitative estimate of drug-likeness (QED) is 0.314. The summed E-state index contributed by atoms with van der Waals surface area (Å²) in [6.07, 6.45) is 3.02. The number of carboxylic acids is 2. The molecule has 2 aromatic carbocycles. The van der Waals surface area contributed by atoms with Gasteiger partial charge in [0.05, 0.1) is 19.8 Å². The number of amides is 1. The van der Waals surface area contributed by atoms with E-state index in [4.69, 9.17) is 34.0 Å². The molecular weight excluding hydrogens is 551 g/mol. The van der Waals surface area contributed by atoms with E-state index in [2.05, 4.69) is 0 Å². The van der Waals surface area contributed by atoms with Gasteiger partial charge in [0.2, 0.25) is 5.91 Å². The predicted octanol–water partition coefficient (Wildman–Crippen LogP) is 3.17. The van der Waals surface area contributed by atoms with Crippen LogP contribution in [0.5, 0.6) is 5.75 Å². The summed E-state index contributed by atoms with van der Waals surface area (Å²) in [5.41, 5.74) is 1.49. The van der Waals surface area contributed by atoms with Crippen molar-refractivity contribution in [3.8, 4) is 5.75 Å². The highest BCUT2D eigenvalue weighted by Crippen LogP contribution is 2.36. The number of carbonyl (C=O) groups is 4. The Morgan fingerprint density at radius 1 is 0.976 bits per heavy atom. The third-order valence-electron chi connectivity index (χ3n) is 7.03. The average molecular weight is 589 g/mol. The topological polar surface area (TPSA) is 143 Å². The number of nitrogens with zero attached hydrogens (tertiary/aromatic N) is 2. The van der Waals surface area contributed by atoms with E-state index < -0.39 is 17.7 Å². The van der Waals surface area contributed by atoms with Gasteiger partial charge in [-0.05, 0) is 63.3 Å². The van der Waals surface area contributed by atoms with Crippen LogP contribution in [-0.2, 0) is 29.6 Å². The van der Waals surface area contributed by atoms with Gasteiger partial charge in [-0.3, -0.25) is 14.5 Å². The predicted molar refractivity (Wildman–Crippen MR) is 149 cm³/mol. The van der Waals surface area contributed by atoms with Gasteiger partial charge in [-0.1, -0.05) is 12.1 Å². The van der Waals surface area contributed by atoms with Crippen LogP contribution in [0.3, 0.4) is 0 Å². The van der Waals surface area contributed by atoms with Gasteiger partial charge in [-0.2, -0.15) is 0 Å². The minimum absolute atomic E-state index is 0.0333. The number of benzene rings is 2. The van der Waals surface area contributed by atoms with E-state index in [0.717, 1.165) is 37.1 Å². The number of likely N-dealkylation sites (tertiary alicyclic amines) is 1. The van der Waals surface area contributed by atoms with Crippen molar-refractivity contribution < 1.29 is 48.0 Å². The first-order valence-corrected chi connectivity index (χ1v) is 13.7. The van der Waals surface area contributed by atoms with Gasteiger partial charge in [0, 0.05) is 43.5 Å². The van der Waals surface area contributed by atoms with E-state index in [-0.39, 0.29) is 23.6 Å². The van der Waals surface area contributed by atoms with E-state index in [0.29, 0.717) is 44.8 Å². The summed E-state index contributed by atoms with van der Waals surface area (Å²) in [5.74, 6) is -3.88. The molecule has 2 saturated heterocycles. The first-order chi connectivity index (χ1) is 20.0. The highest BCUT2D eigenvalue weighted by atomic mass is 19.1. The molecule has 0 radical (unpaired) electrons. The third kappa shape index (κ3) is 9.61. The first-order valence-electron chi connectivity index (χ1n) is 13.7. The molecule has 0 spiro atoms. The van der Waals surface area contributed by atoms with Crippen molar-refractivity contribution in [3.05, 3.63) is 65.5 Å². The van der Waals surface area contributed by atoms with Crippen LogP contribution >= 0.6 is 0 Å². The number of hydrogen-bond donors (Lipinski definition) is 2. The van der Waals surface area contributed by atoms with Crippen molar-refractivity contribution in [2.24, 2.45) is 0 Å². The van der Waals surface area contributed by atoms with Gasteiger partial charge < -0.3 is 29.3 Å². The lowest BCUT2D eigenvalue weighted by Crippen LogP contribution is -2.45. The zero-order valence-corrected chi connectivity index (χ0v) is 23.8. The molecule has 2 N–H and O–H groups in total. The fourth-order valence-electron chi connectivity index (χ4n) is 4.79. The molecule has 42 heavy (non-hydrogen) atoms. The summed E-state index contributed by atoms with van der Waals surface area (Å²) in [7, 11) is 1.94. The van der Waals surface area contributed by atoms with E-state index in [9.17, 15) is 14.0 Å². The Morgan fingerprint density at radius 3 is 2.07 bits per heavy atom. The zero-order chi connectivity index (χ0) is 30.7. The minimum atomic E-state index is -1.82. The Bertz CT molecular complexity index is 1190. The Morgan fingerprint density at radius 2 is 1.55 bits per heavy atom. The average Bonchev–Trinajstić information content (AvgIpc) is 3.44. The summed E-state index contributed by atoms with van der Waals surface area (Å²) >= 11 is 0. The number of likely N-dealkylation sites (N-methyl/N-ethyl adjacent to an activating group) is 1. The van der Waals surface area contributed by atoms with Gasteiger partial charge >= 0.3 is 11.9 Å². The smallest absolute Gasteiger partial charge is 0.414 e. The molecule has 2 aliphatic heterocycles. The summed E-state index contributed by atoms with van der Waals surface area (Å²) < 4.78 is 31.3. The molecule has 228 valence electrons. The molecule has 1 amide bonds. The second-order valence-electron chi connectivity index (χ2n) is 10.2. The standard InChI is InChI=1S/C28H35FN2O5.C2H2O4/c1-21(32)22-4-10-25(11-5-22)36-26-12-16-31(17-13-26)27(33)20-30(2)15-3-14-28(34-18-19-35-28)23-6-8-24(29)9-7-23;3-1(4)2(5)6/h4-11,26H,3,12-20H2,1-2H3;(H,3,4)(H,5,6). The van der Waals surface area contributed by atoms with Crippen molar-refractivity contribution in [3.63, 3.8) is 0 Å². The fraction of sp³-hybridized carbons (Fsp3) is 0.467. The van der Waals surface area contributed by atoms with E-state index in [1.54, 1.807) is 31.2 Å². The first kappa shape index (κ1) is 32.6. The van der Waals surface area contributed by atoms with Crippen LogP contribution in [0.4, 0.5) is 4.39 Å². The van der Waals surface area contributed by atoms with Crippen molar-refractivity contribution in [1.29, 1.82) is 0 Å². The number of carbonyl (C=O) groups excluding carboxylic acids is 2. The van der Waals surface area contributed by atoms with Gasteiger partial charge in [-0.15, -0.1) is 0 Å². The largest absolute Gasteiger partial charge is 0.490 e. The maximum absolute atomic E-state index is 13.3. The van der Waals surface area contributed by atoms with Crippen molar-refractivity contribution in [2.45, 2.75) is 44.5 Å². The van der Waals surface area contributed by atoms with E-state index in [1.807, 2.05) is 29.0 Å². The highest BCUT2D eigenvalue weighted by molar-refractivity contribution is 6.27. The van der Waals surface area contributed by atoms with Gasteiger partial charge in [0.1, 0.15) is 17.7 Å². The second-order valence-corrected chi connectivity index (χ2v) is 10.2. The lowest BCUT2D eigenvalue weighted by Gasteiger charge is -2.33. The molecule has 12 heteroatoms. The monoisotopic (exact) mass is 588 g/mol. The molecular formula is C30H37FN2O9. The minimum Gasteiger partial charge on any atom is -0.490 e. The molecule has 0 aromatic heterocycles. The molecule has 2 heterocycles. The summed E-state index contributed by atoms with van der Waals surface area (Å²) in [6.45, 7) is 4.96. The highest BCUT2D eigenvalue weighted by Gasteiger charge is 2.38. The molecule has 0 aliphatic carbocycles. The molecule has 0 unspecified atom stereocenters. The van der Waals surface area contributed by atoms with Gasteiger partial charge in [-0.25, -0.2) is 14.0 Å². The fourth-order valence-corrected chi connectivity index (χ4v) is 4.79. The van der Waals surface area contributed by atoms with E-state index in [1.165, 1.54) is 12.1 Å². The maximum atomic E-state index is 13.3. The number of aliphatic carboxylic acids is 2. The van der Waals surface area contributed by atoms with Crippen LogP contribution in [-0.4, -0.2) is 96.2 Å². The number of Topliss-reactive ketones (excluding diaryl/α,β-unsaturated/α-hetero) is 1. The molecule has 2 aliphatic rings. The third-order valence-corrected chi connectivity index (χ3v) is 7.03. The molecule has 0 bridgehead atoms. The lowest BCUT2D eigenvalue weighted by molar-refractivity contribution is -0.172. The van der Waals surface area contributed by atoms with Crippen LogP contribution in [0.2, 0.25) is 0 Å². The molecule has 11 nitrogen and oxygen atoms in total. The number of rotatable bonds is 10. The molecule has 2 aromatic rings. The Labute approximate surface area is 243 Å². The van der Waals surface area contributed by atoms with Crippen LogP contribution < -0.4 is 4.74 Å². The SMILES string of the molecule is CC(=O)c1ccc(OC2CCN(C(=O)CN(C)CCCC3(c4ccc(F)cc4)OCCO3)CC2)cc1.O=C(O)C(=O)O. The summed E-state index contributed by atoms with van der Waals surface area (Å²) in [5, 5.41) is 14.8. The number of ketones is 1. The molecule has 0 atom stereocenters. The molecule has 4 rings (SSSR count). The Balaban J connectivity index is 0.000000730. The number of piperidine rings is 1. The van der Waals surface area contributed by atoms with Crippen LogP contribution in [0.1, 0.15) is 48.5 Å². The van der Waals surface area contributed by atoms with Gasteiger partial charge in [0.15, 0.2) is 11.6 Å². The van der Waals surface area contributed by atoms with Crippen LogP contribution in [0, 0.1) is 5.82 Å². The van der Waals surface area contributed by atoms with Crippen LogP contribution in [0.25, 0.3) is 0 Å². The second kappa shape index (κ2) is 15.4. The van der Waals surface area contributed by atoms with Crippen molar-refractivity contribution >= 4 is 23.6 Å². The molecule has 0 saturated carbocycles. The summed E-state index contributed by atoms with van der Waals surface area (Å²) in [6, 6.07) is 13.5. The zero-order valence-electron chi connectivity index (χ0n) is 23.8. The molecule has 2 fully saturated rings. The Hall–Kier alpha value is -3.87. The number of hydrogen-bond acceptors (Lipinski definition) is 8. The number of carboxylic acid groups (broad SMARTS) is 2. The van der Waals surface area contributed by atoms with Gasteiger partial charge in [0.25, 0.3) is 0 Å². The van der Waals surface area contributed by atoms with E-state index >= 15 is 0 Å². The number of halogens is 1.